The molecular formula is C12H18F3N3. The first-order valence-electron chi connectivity index (χ1n) is 5.85. The second-order valence-electron chi connectivity index (χ2n) is 4.25. The van der Waals surface area contributed by atoms with Crippen molar-refractivity contribution in [1.82, 2.24) is 9.88 Å². The van der Waals surface area contributed by atoms with Crippen LogP contribution in [0.2, 0.25) is 0 Å². The van der Waals surface area contributed by atoms with Crippen LogP contribution < -0.4 is 5.32 Å². The summed E-state index contributed by atoms with van der Waals surface area (Å²) in [4.78, 5) is 5.27. The van der Waals surface area contributed by atoms with Crippen molar-refractivity contribution < 1.29 is 13.2 Å². The van der Waals surface area contributed by atoms with E-state index in [0.29, 0.717) is 5.69 Å². The van der Waals surface area contributed by atoms with E-state index in [1.54, 1.807) is 12.3 Å². The Kier molecular flexibility index (Phi) is 5.40. The molecule has 0 saturated heterocycles. The minimum atomic E-state index is -4.17. The maximum absolute atomic E-state index is 12.2. The fraction of sp³-hybridized carbons (Fsp3) is 0.583. The summed E-state index contributed by atoms with van der Waals surface area (Å²) in [6.07, 6.45) is -1.58. The van der Waals surface area contributed by atoms with Crippen LogP contribution in [-0.4, -0.2) is 36.2 Å². The van der Waals surface area contributed by atoms with Gasteiger partial charge in [-0.25, -0.2) is 0 Å². The maximum atomic E-state index is 12.2. The molecule has 0 unspecified atom stereocenters. The summed E-state index contributed by atoms with van der Waals surface area (Å²) >= 11 is 0. The normalized spacial score (nSPS) is 11.9. The highest BCUT2D eigenvalue weighted by atomic mass is 19.4. The third-order valence-electron chi connectivity index (χ3n) is 2.28. The van der Waals surface area contributed by atoms with Crippen molar-refractivity contribution >= 4 is 5.69 Å². The van der Waals surface area contributed by atoms with Gasteiger partial charge in [-0.2, -0.15) is 13.2 Å². The van der Waals surface area contributed by atoms with E-state index >= 15 is 0 Å². The van der Waals surface area contributed by atoms with Crippen molar-refractivity contribution in [2.45, 2.75) is 26.1 Å². The summed E-state index contributed by atoms with van der Waals surface area (Å²) in [6, 6.07) is 3.59. The topological polar surface area (TPSA) is 28.2 Å². The summed E-state index contributed by atoms with van der Waals surface area (Å²) in [5.74, 6) is 0. The van der Waals surface area contributed by atoms with Crippen LogP contribution in [0.4, 0.5) is 18.9 Å². The van der Waals surface area contributed by atoms with Crippen molar-refractivity contribution in [3.8, 4) is 0 Å². The van der Waals surface area contributed by atoms with Gasteiger partial charge in [-0.3, -0.25) is 9.88 Å². The molecule has 1 rings (SSSR count). The second-order valence-corrected chi connectivity index (χ2v) is 4.25. The van der Waals surface area contributed by atoms with Crippen LogP contribution in [0.15, 0.2) is 18.3 Å². The van der Waals surface area contributed by atoms with Gasteiger partial charge in [0, 0.05) is 25.0 Å². The molecule has 6 heteroatoms. The number of anilines is 1. The molecule has 3 nitrogen and oxygen atoms in total. The van der Waals surface area contributed by atoms with Crippen LogP contribution in [0.25, 0.3) is 0 Å². The molecule has 1 aromatic heterocycles. The maximum Gasteiger partial charge on any atom is 0.401 e. The molecule has 0 bridgehead atoms. The Balaban J connectivity index is 2.56. The lowest BCUT2D eigenvalue weighted by atomic mass is 10.3. The third kappa shape index (κ3) is 5.86. The molecule has 0 saturated carbocycles. The fourth-order valence-corrected chi connectivity index (χ4v) is 1.58. The Hall–Kier alpha value is -1.30. The molecule has 0 aliphatic rings. The zero-order chi connectivity index (χ0) is 13.6. The number of nitrogens with zero attached hydrogens (tertiary/aromatic N) is 2. The molecule has 1 aromatic rings. The van der Waals surface area contributed by atoms with E-state index in [-0.39, 0.29) is 6.54 Å². The highest BCUT2D eigenvalue weighted by Crippen LogP contribution is 2.17. The Morgan fingerprint density at radius 1 is 1.39 bits per heavy atom. The molecule has 18 heavy (non-hydrogen) atoms. The predicted octanol–water partition coefficient (Wildman–Crippen LogP) is 2.90. The Labute approximate surface area is 105 Å². The Bertz CT molecular complexity index is 366. The Morgan fingerprint density at radius 2 is 2.11 bits per heavy atom. The quantitative estimate of drug-likeness (QED) is 0.853. The first kappa shape index (κ1) is 14.8. The number of alkyl halides is 3. The zero-order valence-electron chi connectivity index (χ0n) is 10.6. The van der Waals surface area contributed by atoms with E-state index in [1.165, 1.54) is 11.9 Å². The summed E-state index contributed by atoms with van der Waals surface area (Å²) in [6.45, 7) is 2.14. The number of nitrogens with one attached hydrogen (secondary N) is 1. The van der Waals surface area contributed by atoms with Crippen LogP contribution in [0.1, 0.15) is 19.0 Å². The SMILES string of the molecule is CCCNc1ccnc(CN(C)CC(F)(F)F)c1. The molecular weight excluding hydrogens is 243 g/mol. The molecule has 0 amide bonds. The van der Waals surface area contributed by atoms with Gasteiger partial charge in [-0.15, -0.1) is 0 Å². The van der Waals surface area contributed by atoms with Gasteiger partial charge in [-0.05, 0) is 25.6 Å². The van der Waals surface area contributed by atoms with Gasteiger partial charge >= 0.3 is 6.18 Å². The monoisotopic (exact) mass is 261 g/mol. The van der Waals surface area contributed by atoms with Gasteiger partial charge in [0.1, 0.15) is 0 Å². The molecule has 0 fully saturated rings. The van der Waals surface area contributed by atoms with E-state index in [0.717, 1.165) is 18.7 Å². The van der Waals surface area contributed by atoms with E-state index in [4.69, 9.17) is 0 Å². The van der Waals surface area contributed by atoms with E-state index in [1.807, 2.05) is 13.0 Å². The lowest BCUT2D eigenvalue weighted by molar-refractivity contribution is -0.144. The smallest absolute Gasteiger partial charge is 0.385 e. The van der Waals surface area contributed by atoms with E-state index < -0.39 is 12.7 Å². The van der Waals surface area contributed by atoms with Gasteiger partial charge < -0.3 is 5.32 Å². The standard InChI is InChI=1S/C12H18F3N3/c1-3-5-16-10-4-6-17-11(7-10)8-18(2)9-12(13,14)15/h4,6-7H,3,5,8-9H2,1-2H3,(H,16,17). The van der Waals surface area contributed by atoms with Gasteiger partial charge in [0.15, 0.2) is 0 Å². The average Bonchev–Trinajstić information content (AvgIpc) is 2.24. The van der Waals surface area contributed by atoms with Crippen molar-refractivity contribution in [2.24, 2.45) is 0 Å². The van der Waals surface area contributed by atoms with Crippen LogP contribution in [-0.2, 0) is 6.54 Å². The van der Waals surface area contributed by atoms with Gasteiger partial charge in [-0.1, -0.05) is 6.92 Å². The fourth-order valence-electron chi connectivity index (χ4n) is 1.58. The number of pyridine rings is 1. The number of hydrogen-bond donors (Lipinski definition) is 1. The highest BCUT2D eigenvalue weighted by molar-refractivity contribution is 5.43. The van der Waals surface area contributed by atoms with Crippen LogP contribution in [0.3, 0.4) is 0 Å². The first-order chi connectivity index (χ1) is 8.40. The minimum Gasteiger partial charge on any atom is -0.385 e. The predicted molar refractivity (Wildman–Crippen MR) is 65.4 cm³/mol. The summed E-state index contributed by atoms with van der Waals surface area (Å²) < 4.78 is 36.5. The zero-order valence-corrected chi connectivity index (χ0v) is 10.6. The summed E-state index contributed by atoms with van der Waals surface area (Å²) in [7, 11) is 1.43. The second kappa shape index (κ2) is 6.58. The minimum absolute atomic E-state index is 0.182. The van der Waals surface area contributed by atoms with Crippen molar-refractivity contribution in [1.29, 1.82) is 0 Å². The number of hydrogen-bond acceptors (Lipinski definition) is 3. The molecule has 0 spiro atoms. The lowest BCUT2D eigenvalue weighted by Crippen LogP contribution is -2.30. The first-order valence-corrected chi connectivity index (χ1v) is 5.85. The van der Waals surface area contributed by atoms with Crippen LogP contribution in [0.5, 0.6) is 0 Å². The molecule has 0 aliphatic carbocycles. The molecule has 0 atom stereocenters. The average molecular weight is 261 g/mol. The number of aromatic nitrogens is 1. The molecule has 102 valence electrons. The van der Waals surface area contributed by atoms with Gasteiger partial charge in [0.2, 0.25) is 0 Å². The van der Waals surface area contributed by atoms with Crippen LogP contribution in [0, 0.1) is 0 Å². The van der Waals surface area contributed by atoms with Gasteiger partial charge in [0.25, 0.3) is 0 Å². The third-order valence-corrected chi connectivity index (χ3v) is 2.28. The summed E-state index contributed by atoms with van der Waals surface area (Å²) in [5, 5.41) is 3.18. The van der Waals surface area contributed by atoms with Crippen LogP contribution >= 0.6 is 0 Å². The largest absolute Gasteiger partial charge is 0.401 e. The number of rotatable bonds is 6. The number of halogens is 3. The molecule has 1 N–H and O–H groups in total. The highest BCUT2D eigenvalue weighted by Gasteiger charge is 2.29. The summed E-state index contributed by atoms with van der Waals surface area (Å²) in [5.41, 5.74) is 1.52. The molecule has 0 radical (unpaired) electrons. The van der Waals surface area contributed by atoms with Crippen molar-refractivity contribution in [3.05, 3.63) is 24.0 Å². The van der Waals surface area contributed by atoms with Crippen molar-refractivity contribution in [3.63, 3.8) is 0 Å². The molecule has 1 heterocycles. The van der Waals surface area contributed by atoms with Crippen molar-refractivity contribution in [2.75, 3.05) is 25.5 Å². The van der Waals surface area contributed by atoms with E-state index in [9.17, 15) is 13.2 Å². The lowest BCUT2D eigenvalue weighted by Gasteiger charge is -2.18. The van der Waals surface area contributed by atoms with Gasteiger partial charge in [0.05, 0.1) is 12.2 Å². The molecule has 0 aromatic carbocycles. The Morgan fingerprint density at radius 3 is 2.72 bits per heavy atom. The molecule has 0 aliphatic heterocycles. The van der Waals surface area contributed by atoms with E-state index in [2.05, 4.69) is 10.3 Å².